The third-order valence-electron chi connectivity index (χ3n) is 6.47. The zero-order valence-corrected chi connectivity index (χ0v) is 22.1. The zero-order chi connectivity index (χ0) is 26.5. The van der Waals surface area contributed by atoms with Crippen LogP contribution in [0.25, 0.3) is 11.6 Å². The van der Waals surface area contributed by atoms with Crippen molar-refractivity contribution in [1.29, 1.82) is 0 Å². The maximum absolute atomic E-state index is 13.4. The van der Waals surface area contributed by atoms with Gasteiger partial charge in [-0.05, 0) is 42.2 Å². The molecule has 1 atom stereocenters. The van der Waals surface area contributed by atoms with Gasteiger partial charge in [-0.2, -0.15) is 4.31 Å². The van der Waals surface area contributed by atoms with E-state index in [1.807, 2.05) is 36.4 Å². The zero-order valence-electron chi connectivity index (χ0n) is 20.5. The Labute approximate surface area is 218 Å². The van der Waals surface area contributed by atoms with E-state index in [4.69, 9.17) is 4.74 Å². The van der Waals surface area contributed by atoms with E-state index < -0.39 is 26.1 Å². The molecule has 0 radical (unpaired) electrons. The monoisotopic (exact) mass is 545 g/mol. The molecule has 0 saturated carbocycles. The molecule has 0 spiro atoms. The Bertz CT molecular complexity index is 1350. The molecule has 2 heterocycles. The van der Waals surface area contributed by atoms with Crippen molar-refractivity contribution in [2.24, 2.45) is 0 Å². The lowest BCUT2D eigenvalue weighted by atomic mass is 10.0. The Balaban J connectivity index is 1.60. The van der Waals surface area contributed by atoms with Gasteiger partial charge >= 0.3 is 0 Å². The summed E-state index contributed by atoms with van der Waals surface area (Å²) in [5, 5.41) is 0.804. The number of morpholine rings is 1. The van der Waals surface area contributed by atoms with Gasteiger partial charge in [0.05, 0.1) is 18.1 Å². The van der Waals surface area contributed by atoms with E-state index in [9.17, 15) is 21.6 Å². The Morgan fingerprint density at radius 3 is 2.32 bits per heavy atom. The SMILES string of the molecule is C=CS(=O)(=O)NC[C@H]1CCCN1S(=O)(=O)c1ccc(/C(=C\c2ccccc2)C(=O)N2CCOCC2)cc1. The van der Waals surface area contributed by atoms with E-state index in [1.54, 1.807) is 17.0 Å². The predicted octanol–water partition coefficient (Wildman–Crippen LogP) is 2.30. The maximum Gasteiger partial charge on any atom is 0.254 e. The second kappa shape index (κ2) is 11.7. The number of benzene rings is 2. The first kappa shape index (κ1) is 27.2. The molecule has 2 aromatic rings. The Morgan fingerprint density at radius 2 is 1.68 bits per heavy atom. The lowest BCUT2D eigenvalue weighted by Gasteiger charge is -2.28. The Hall–Kier alpha value is -2.83. The molecule has 1 amide bonds. The molecule has 0 aliphatic carbocycles. The summed E-state index contributed by atoms with van der Waals surface area (Å²) in [6, 6.07) is 15.3. The van der Waals surface area contributed by atoms with Gasteiger partial charge in [-0.3, -0.25) is 4.79 Å². The van der Waals surface area contributed by atoms with Crippen molar-refractivity contribution in [3.63, 3.8) is 0 Å². The summed E-state index contributed by atoms with van der Waals surface area (Å²) in [7, 11) is -7.52. The number of carbonyl (C=O) groups is 1. The summed E-state index contributed by atoms with van der Waals surface area (Å²) in [6.45, 7) is 5.47. The topological polar surface area (TPSA) is 113 Å². The third kappa shape index (κ3) is 6.55. The molecule has 2 fully saturated rings. The highest BCUT2D eigenvalue weighted by Crippen LogP contribution is 2.28. The van der Waals surface area contributed by atoms with Crippen LogP contribution in [0.2, 0.25) is 0 Å². The van der Waals surface area contributed by atoms with Gasteiger partial charge in [-0.1, -0.05) is 49.0 Å². The van der Waals surface area contributed by atoms with Crippen LogP contribution in [0.3, 0.4) is 0 Å². The van der Waals surface area contributed by atoms with Crippen LogP contribution in [0, 0.1) is 0 Å². The van der Waals surface area contributed by atoms with Crippen molar-refractivity contribution < 1.29 is 26.4 Å². The minimum Gasteiger partial charge on any atom is -0.378 e. The molecule has 198 valence electrons. The molecule has 0 unspecified atom stereocenters. The van der Waals surface area contributed by atoms with Crippen molar-refractivity contribution in [3.8, 4) is 0 Å². The van der Waals surface area contributed by atoms with E-state index in [-0.39, 0.29) is 17.3 Å². The normalized spacial score (nSPS) is 19.6. The molecule has 2 aromatic carbocycles. The van der Waals surface area contributed by atoms with Crippen molar-refractivity contribution in [2.45, 2.75) is 23.8 Å². The van der Waals surface area contributed by atoms with Gasteiger partial charge in [0.25, 0.3) is 5.91 Å². The van der Waals surface area contributed by atoms with E-state index in [0.29, 0.717) is 56.8 Å². The lowest BCUT2D eigenvalue weighted by Crippen LogP contribution is -2.42. The van der Waals surface area contributed by atoms with Crippen molar-refractivity contribution >= 4 is 37.6 Å². The van der Waals surface area contributed by atoms with Gasteiger partial charge in [0, 0.05) is 43.2 Å². The molecule has 4 rings (SSSR count). The molecular weight excluding hydrogens is 514 g/mol. The second-order valence-corrected chi connectivity index (χ2v) is 12.5. The standard InChI is InChI=1S/C26H31N3O6S2/c1-2-36(31,32)27-20-23-9-6-14-29(23)37(33,34)24-12-10-22(11-13-24)25(19-21-7-4-3-5-8-21)26(30)28-15-17-35-18-16-28/h2-5,7-8,10-13,19,23,27H,1,6,9,14-18,20H2/b25-19+/t23-/m1/s1. The smallest absolute Gasteiger partial charge is 0.254 e. The van der Waals surface area contributed by atoms with E-state index in [1.165, 1.54) is 16.4 Å². The Kier molecular flexibility index (Phi) is 8.60. The highest BCUT2D eigenvalue weighted by Gasteiger charge is 2.35. The van der Waals surface area contributed by atoms with Gasteiger partial charge in [0.2, 0.25) is 20.0 Å². The van der Waals surface area contributed by atoms with Crippen molar-refractivity contribution in [3.05, 3.63) is 77.7 Å². The van der Waals surface area contributed by atoms with Crippen molar-refractivity contribution in [2.75, 3.05) is 39.4 Å². The summed E-state index contributed by atoms with van der Waals surface area (Å²) in [5.41, 5.74) is 1.93. The van der Waals surface area contributed by atoms with Crippen LogP contribution in [0.1, 0.15) is 24.0 Å². The fourth-order valence-electron chi connectivity index (χ4n) is 4.46. The number of hydrogen-bond acceptors (Lipinski definition) is 6. The number of hydrogen-bond donors (Lipinski definition) is 1. The number of nitrogens with zero attached hydrogens (tertiary/aromatic N) is 2. The molecule has 1 N–H and O–H groups in total. The van der Waals surface area contributed by atoms with E-state index >= 15 is 0 Å². The minimum atomic E-state index is -3.86. The van der Waals surface area contributed by atoms with Crippen LogP contribution in [0.5, 0.6) is 0 Å². The first-order valence-corrected chi connectivity index (χ1v) is 15.1. The molecule has 0 aromatic heterocycles. The number of sulfonamides is 2. The molecule has 2 aliphatic rings. The van der Waals surface area contributed by atoms with Crippen LogP contribution >= 0.6 is 0 Å². The highest BCUT2D eigenvalue weighted by molar-refractivity contribution is 7.92. The molecule has 2 saturated heterocycles. The Morgan fingerprint density at radius 1 is 1.00 bits per heavy atom. The van der Waals surface area contributed by atoms with Gasteiger partial charge < -0.3 is 9.64 Å². The number of rotatable bonds is 9. The van der Waals surface area contributed by atoms with E-state index in [0.717, 1.165) is 11.0 Å². The summed E-state index contributed by atoms with van der Waals surface area (Å²) < 4.78 is 59.4. The largest absolute Gasteiger partial charge is 0.378 e. The first-order chi connectivity index (χ1) is 17.7. The summed E-state index contributed by atoms with van der Waals surface area (Å²) in [4.78, 5) is 15.3. The fourth-order valence-corrected chi connectivity index (χ4v) is 6.70. The molecule has 37 heavy (non-hydrogen) atoms. The maximum atomic E-state index is 13.4. The molecule has 2 aliphatic heterocycles. The molecule has 9 nitrogen and oxygen atoms in total. The van der Waals surface area contributed by atoms with Gasteiger partial charge in [-0.15, -0.1) is 0 Å². The van der Waals surface area contributed by atoms with Crippen LogP contribution in [-0.4, -0.2) is 77.4 Å². The average Bonchev–Trinajstić information content (AvgIpc) is 3.41. The van der Waals surface area contributed by atoms with Crippen LogP contribution in [0.4, 0.5) is 0 Å². The lowest BCUT2D eigenvalue weighted by molar-refractivity contribution is -0.128. The number of ether oxygens (including phenoxy) is 1. The van der Waals surface area contributed by atoms with Gasteiger partial charge in [0.15, 0.2) is 0 Å². The second-order valence-electron chi connectivity index (χ2n) is 8.87. The highest BCUT2D eigenvalue weighted by atomic mass is 32.2. The number of amides is 1. The number of nitrogens with one attached hydrogen (secondary N) is 1. The molecular formula is C26H31N3O6S2. The summed E-state index contributed by atoms with van der Waals surface area (Å²) in [6.07, 6.45) is 2.99. The molecule has 11 heteroatoms. The average molecular weight is 546 g/mol. The van der Waals surface area contributed by atoms with E-state index in [2.05, 4.69) is 11.3 Å². The molecule has 0 bridgehead atoms. The summed E-state index contributed by atoms with van der Waals surface area (Å²) in [5.74, 6) is -0.142. The van der Waals surface area contributed by atoms with Gasteiger partial charge in [0.1, 0.15) is 0 Å². The van der Waals surface area contributed by atoms with Crippen LogP contribution in [0.15, 0.2) is 71.5 Å². The van der Waals surface area contributed by atoms with Crippen molar-refractivity contribution in [1.82, 2.24) is 13.9 Å². The van der Waals surface area contributed by atoms with Gasteiger partial charge in [-0.25, -0.2) is 21.6 Å². The predicted molar refractivity (Wildman–Crippen MR) is 142 cm³/mol. The first-order valence-electron chi connectivity index (χ1n) is 12.1. The minimum absolute atomic E-state index is 0.0241. The fraction of sp³-hybridized carbons (Fsp3) is 0.346. The summed E-state index contributed by atoms with van der Waals surface area (Å²) >= 11 is 0. The quantitative estimate of drug-likeness (QED) is 0.382. The van der Waals surface area contributed by atoms with Crippen LogP contribution < -0.4 is 4.72 Å². The third-order valence-corrected chi connectivity index (χ3v) is 9.45. The van der Waals surface area contributed by atoms with Crippen LogP contribution in [-0.2, 0) is 29.6 Å². The number of carbonyl (C=O) groups excluding carboxylic acids is 1.